The lowest BCUT2D eigenvalue weighted by Gasteiger charge is -2.18. The Labute approximate surface area is 113 Å². The smallest absolute Gasteiger partial charge is 0.244 e. The molecule has 2 rings (SSSR count). The molecule has 0 spiro atoms. The summed E-state index contributed by atoms with van der Waals surface area (Å²) in [5, 5.41) is 7.25. The van der Waals surface area contributed by atoms with Gasteiger partial charge in [-0.15, -0.1) is 0 Å². The first-order chi connectivity index (χ1) is 8.86. The van der Waals surface area contributed by atoms with Crippen molar-refractivity contribution in [3.05, 3.63) is 11.4 Å². The fourth-order valence-electron chi connectivity index (χ4n) is 2.42. The van der Waals surface area contributed by atoms with Crippen LogP contribution in [0.2, 0.25) is 0 Å². The van der Waals surface area contributed by atoms with E-state index in [4.69, 9.17) is 4.74 Å². The number of methoxy groups -OCH3 is 1. The predicted octanol–water partition coefficient (Wildman–Crippen LogP) is -0.698. The highest BCUT2D eigenvalue weighted by Crippen LogP contribution is 2.19. The van der Waals surface area contributed by atoms with Gasteiger partial charge >= 0.3 is 0 Å². The van der Waals surface area contributed by atoms with Gasteiger partial charge in [0.2, 0.25) is 10.0 Å². The van der Waals surface area contributed by atoms with Gasteiger partial charge in [0.1, 0.15) is 4.90 Å². The number of rotatable bonds is 4. The van der Waals surface area contributed by atoms with Crippen molar-refractivity contribution < 1.29 is 13.2 Å². The number of nitrogens with zero attached hydrogens (tertiary/aromatic N) is 2. The summed E-state index contributed by atoms with van der Waals surface area (Å²) >= 11 is 0. The Bertz CT molecular complexity index is 567. The molecule has 7 nitrogen and oxygen atoms in total. The van der Waals surface area contributed by atoms with Gasteiger partial charge in [-0.3, -0.25) is 4.68 Å². The molecule has 1 aromatic rings. The van der Waals surface area contributed by atoms with Crippen molar-refractivity contribution in [3.63, 3.8) is 0 Å². The van der Waals surface area contributed by atoms with Crippen molar-refractivity contribution >= 4 is 10.0 Å². The Balaban J connectivity index is 2.28. The fraction of sp³-hybridized carbons (Fsp3) is 0.727. The number of nitrogens with one attached hydrogen (secondary N) is 2. The van der Waals surface area contributed by atoms with Crippen LogP contribution in [-0.4, -0.2) is 50.5 Å². The molecule has 1 aliphatic rings. The van der Waals surface area contributed by atoms with Gasteiger partial charge in [-0.2, -0.15) is 5.10 Å². The van der Waals surface area contributed by atoms with Crippen molar-refractivity contribution in [2.45, 2.75) is 30.9 Å². The molecule has 0 saturated carbocycles. The van der Waals surface area contributed by atoms with Crippen LogP contribution in [0.1, 0.15) is 11.4 Å². The lowest BCUT2D eigenvalue weighted by atomic mass is 10.2. The lowest BCUT2D eigenvalue weighted by molar-refractivity contribution is 0.103. The maximum atomic E-state index is 12.5. The molecule has 1 aromatic heterocycles. The summed E-state index contributed by atoms with van der Waals surface area (Å²) in [6.45, 7) is 4.66. The molecule has 1 saturated heterocycles. The third-order valence-electron chi connectivity index (χ3n) is 3.48. The van der Waals surface area contributed by atoms with Gasteiger partial charge in [0.25, 0.3) is 0 Å². The summed E-state index contributed by atoms with van der Waals surface area (Å²) < 4.78 is 34.4. The van der Waals surface area contributed by atoms with E-state index in [2.05, 4.69) is 15.1 Å². The minimum absolute atomic E-state index is 0.146. The van der Waals surface area contributed by atoms with E-state index in [-0.39, 0.29) is 17.0 Å². The van der Waals surface area contributed by atoms with E-state index in [0.717, 1.165) is 0 Å². The Hall–Kier alpha value is -0.960. The zero-order valence-electron chi connectivity index (χ0n) is 11.6. The van der Waals surface area contributed by atoms with Crippen molar-refractivity contribution in [3.8, 4) is 0 Å². The second-order valence-corrected chi connectivity index (χ2v) is 6.43. The maximum absolute atomic E-state index is 12.5. The van der Waals surface area contributed by atoms with E-state index in [1.54, 1.807) is 32.7 Å². The Morgan fingerprint density at radius 2 is 2.11 bits per heavy atom. The third kappa shape index (κ3) is 2.66. The number of aromatic nitrogens is 2. The Kier molecular flexibility index (Phi) is 3.95. The highest BCUT2D eigenvalue weighted by atomic mass is 32.2. The summed E-state index contributed by atoms with van der Waals surface area (Å²) in [4.78, 5) is 0.261. The monoisotopic (exact) mass is 288 g/mol. The number of hydrogen-bond acceptors (Lipinski definition) is 5. The van der Waals surface area contributed by atoms with Crippen molar-refractivity contribution in [1.82, 2.24) is 19.8 Å². The van der Waals surface area contributed by atoms with Crippen LogP contribution in [0.25, 0.3) is 0 Å². The lowest BCUT2D eigenvalue weighted by Crippen LogP contribution is -2.43. The molecule has 0 bridgehead atoms. The van der Waals surface area contributed by atoms with E-state index in [0.29, 0.717) is 24.5 Å². The average Bonchev–Trinajstić information content (AvgIpc) is 2.84. The van der Waals surface area contributed by atoms with Crippen molar-refractivity contribution in [2.24, 2.45) is 7.05 Å². The highest BCUT2D eigenvalue weighted by Gasteiger charge is 2.33. The van der Waals surface area contributed by atoms with Gasteiger partial charge in [0.15, 0.2) is 0 Å². The van der Waals surface area contributed by atoms with E-state index in [1.807, 2.05) is 0 Å². The second-order valence-electron chi connectivity index (χ2n) is 4.78. The molecule has 19 heavy (non-hydrogen) atoms. The SMILES string of the molecule is CO[C@H]1CNCC1NS(=O)(=O)c1c(C)nn(C)c1C. The predicted molar refractivity (Wildman–Crippen MR) is 70.5 cm³/mol. The first-order valence-electron chi connectivity index (χ1n) is 6.13. The van der Waals surface area contributed by atoms with Gasteiger partial charge in [0.05, 0.1) is 23.5 Å². The molecule has 0 aromatic carbocycles. The minimum Gasteiger partial charge on any atom is -0.378 e. The molecular formula is C11H20N4O3S. The molecule has 0 aliphatic carbocycles. The average molecular weight is 288 g/mol. The molecular weight excluding hydrogens is 268 g/mol. The number of aryl methyl sites for hydroxylation is 2. The Morgan fingerprint density at radius 3 is 2.63 bits per heavy atom. The summed E-state index contributed by atoms with van der Waals surface area (Å²) in [7, 11) is -0.265. The molecule has 0 amide bonds. The number of hydrogen-bond donors (Lipinski definition) is 2. The Morgan fingerprint density at radius 1 is 1.42 bits per heavy atom. The normalized spacial score (nSPS) is 24.0. The fourth-order valence-corrected chi connectivity index (χ4v) is 4.12. The molecule has 2 atom stereocenters. The second kappa shape index (κ2) is 5.20. The van der Waals surface area contributed by atoms with Gasteiger partial charge in [-0.25, -0.2) is 13.1 Å². The van der Waals surface area contributed by atoms with Gasteiger partial charge in [-0.1, -0.05) is 0 Å². The minimum atomic E-state index is -3.58. The standard InChI is InChI=1S/C11H20N4O3S/c1-7-11(8(2)15(3)13-7)19(16,17)14-9-5-12-6-10(9)18-4/h9-10,12,14H,5-6H2,1-4H3/t9?,10-/m0/s1. The van der Waals surface area contributed by atoms with E-state index in [9.17, 15) is 8.42 Å². The molecule has 1 fully saturated rings. The van der Waals surface area contributed by atoms with Crippen LogP contribution in [0.15, 0.2) is 4.90 Å². The van der Waals surface area contributed by atoms with Gasteiger partial charge in [-0.05, 0) is 13.8 Å². The highest BCUT2D eigenvalue weighted by molar-refractivity contribution is 7.89. The first kappa shape index (κ1) is 14.4. The van der Waals surface area contributed by atoms with E-state index in [1.165, 1.54) is 0 Å². The molecule has 108 valence electrons. The zero-order chi connectivity index (χ0) is 14.2. The largest absolute Gasteiger partial charge is 0.378 e. The molecule has 1 unspecified atom stereocenters. The first-order valence-corrected chi connectivity index (χ1v) is 7.61. The number of ether oxygens (including phenoxy) is 1. The summed E-state index contributed by atoms with van der Waals surface area (Å²) in [6.07, 6.45) is -0.146. The number of sulfonamides is 1. The van der Waals surface area contributed by atoms with Crippen LogP contribution < -0.4 is 10.0 Å². The third-order valence-corrected chi connectivity index (χ3v) is 5.22. The van der Waals surface area contributed by atoms with E-state index >= 15 is 0 Å². The maximum Gasteiger partial charge on any atom is 0.244 e. The molecule has 1 aliphatic heterocycles. The molecule has 0 radical (unpaired) electrons. The van der Waals surface area contributed by atoms with Gasteiger partial charge in [0, 0.05) is 27.2 Å². The zero-order valence-corrected chi connectivity index (χ0v) is 12.4. The van der Waals surface area contributed by atoms with Crippen LogP contribution in [-0.2, 0) is 21.8 Å². The van der Waals surface area contributed by atoms with E-state index < -0.39 is 10.0 Å². The van der Waals surface area contributed by atoms with Crippen molar-refractivity contribution in [1.29, 1.82) is 0 Å². The van der Waals surface area contributed by atoms with Crippen LogP contribution in [0.5, 0.6) is 0 Å². The molecule has 2 heterocycles. The van der Waals surface area contributed by atoms with Crippen LogP contribution in [0.4, 0.5) is 0 Å². The summed E-state index contributed by atoms with van der Waals surface area (Å²) in [6, 6.07) is -0.256. The van der Waals surface area contributed by atoms with Crippen molar-refractivity contribution in [2.75, 3.05) is 20.2 Å². The quantitative estimate of drug-likeness (QED) is 0.765. The summed E-state index contributed by atoms with van der Waals surface area (Å²) in [5.41, 5.74) is 1.14. The van der Waals surface area contributed by atoms with Crippen LogP contribution in [0.3, 0.4) is 0 Å². The summed E-state index contributed by atoms with van der Waals surface area (Å²) in [5.74, 6) is 0. The molecule has 8 heteroatoms. The van der Waals surface area contributed by atoms with Crippen LogP contribution in [0, 0.1) is 13.8 Å². The topological polar surface area (TPSA) is 85.2 Å². The molecule has 2 N–H and O–H groups in total. The van der Waals surface area contributed by atoms with Gasteiger partial charge < -0.3 is 10.1 Å². The van der Waals surface area contributed by atoms with Crippen LogP contribution >= 0.6 is 0 Å².